The minimum absolute atomic E-state index is 0.0150. The summed E-state index contributed by atoms with van der Waals surface area (Å²) in [4.78, 5) is 9.74. The molecule has 0 unspecified atom stereocenters. The van der Waals surface area contributed by atoms with E-state index < -0.39 is 16.0 Å². The number of hydrogen-bond donors (Lipinski definition) is 1. The predicted octanol–water partition coefficient (Wildman–Crippen LogP) is -2.19. The number of carboxylic acids is 1. The van der Waals surface area contributed by atoms with Crippen molar-refractivity contribution in [2.45, 2.75) is 12.8 Å². The second kappa shape index (κ2) is 3.52. The number of primary sulfonamides is 1. The topological polar surface area (TPSA) is 100 Å². The summed E-state index contributed by atoms with van der Waals surface area (Å²) in [5.74, 6) is -1.57. The molecule has 0 saturated carbocycles. The van der Waals surface area contributed by atoms with E-state index in [0.29, 0.717) is 0 Å². The maximum Gasteiger partial charge on any atom is 0.209 e. The number of sulfonamides is 1. The molecule has 0 radical (unpaired) electrons. The fourth-order valence-corrected chi connectivity index (χ4v) is 0.964. The Morgan fingerprint density at radius 2 is 2.00 bits per heavy atom. The molecule has 0 saturated heterocycles. The average molecular weight is 166 g/mol. The van der Waals surface area contributed by atoms with Crippen LogP contribution in [-0.4, -0.2) is 20.1 Å². The van der Waals surface area contributed by atoms with Gasteiger partial charge in [0.1, 0.15) is 0 Å². The molecule has 2 N–H and O–H groups in total. The van der Waals surface area contributed by atoms with Crippen molar-refractivity contribution < 1.29 is 18.3 Å². The fraction of sp³-hybridized carbons (Fsp3) is 0.750. The Labute approximate surface area is 58.9 Å². The summed E-state index contributed by atoms with van der Waals surface area (Å²) >= 11 is 0. The van der Waals surface area contributed by atoms with E-state index in [2.05, 4.69) is 5.14 Å². The van der Waals surface area contributed by atoms with Gasteiger partial charge in [-0.2, -0.15) is 0 Å². The van der Waals surface area contributed by atoms with E-state index in [4.69, 9.17) is 0 Å². The molecule has 60 valence electrons. The average Bonchev–Trinajstić information content (AvgIpc) is 1.59. The Morgan fingerprint density at radius 3 is 2.30 bits per heavy atom. The summed E-state index contributed by atoms with van der Waals surface area (Å²) < 4.78 is 20.4. The maximum absolute atomic E-state index is 10.2. The molecule has 0 aliphatic heterocycles. The van der Waals surface area contributed by atoms with Crippen LogP contribution < -0.4 is 10.2 Å². The van der Waals surface area contributed by atoms with Crippen molar-refractivity contribution >= 4 is 16.0 Å². The van der Waals surface area contributed by atoms with Crippen LogP contribution in [0.2, 0.25) is 0 Å². The molecule has 0 aromatic rings. The molecule has 0 heterocycles. The van der Waals surface area contributed by atoms with Crippen LogP contribution in [0.25, 0.3) is 0 Å². The zero-order valence-electron chi connectivity index (χ0n) is 5.24. The van der Waals surface area contributed by atoms with Crippen LogP contribution in [0.4, 0.5) is 0 Å². The molecular formula is C4H8NO4S-. The lowest BCUT2D eigenvalue weighted by atomic mass is 10.3. The summed E-state index contributed by atoms with van der Waals surface area (Å²) in [6.45, 7) is 0. The van der Waals surface area contributed by atoms with Crippen molar-refractivity contribution in [1.82, 2.24) is 0 Å². The van der Waals surface area contributed by atoms with Crippen LogP contribution in [0.3, 0.4) is 0 Å². The number of carbonyl (C=O) groups is 1. The van der Waals surface area contributed by atoms with Crippen LogP contribution in [0, 0.1) is 0 Å². The highest BCUT2D eigenvalue weighted by Crippen LogP contribution is 1.89. The monoisotopic (exact) mass is 166 g/mol. The predicted molar refractivity (Wildman–Crippen MR) is 32.2 cm³/mol. The first-order valence-corrected chi connectivity index (χ1v) is 4.33. The molecule has 0 aliphatic carbocycles. The molecule has 0 spiro atoms. The molecule has 0 fully saturated rings. The van der Waals surface area contributed by atoms with Gasteiger partial charge in [0.2, 0.25) is 10.0 Å². The quantitative estimate of drug-likeness (QED) is 0.512. The third-order valence-corrected chi connectivity index (χ3v) is 1.67. The van der Waals surface area contributed by atoms with E-state index in [1.807, 2.05) is 0 Å². The van der Waals surface area contributed by atoms with Gasteiger partial charge in [0.15, 0.2) is 0 Å². The summed E-state index contributed by atoms with van der Waals surface area (Å²) in [5, 5.41) is 14.3. The normalized spacial score (nSPS) is 11.3. The number of rotatable bonds is 4. The molecule has 0 bridgehead atoms. The molecule has 0 amide bonds. The molecule has 0 rings (SSSR count). The highest BCUT2D eigenvalue weighted by atomic mass is 32.2. The Balaban J connectivity index is 3.49. The van der Waals surface area contributed by atoms with Crippen LogP contribution in [0.1, 0.15) is 12.8 Å². The first kappa shape index (κ1) is 9.38. The summed E-state index contributed by atoms with van der Waals surface area (Å²) in [7, 11) is -3.51. The lowest BCUT2D eigenvalue weighted by molar-refractivity contribution is -0.305. The van der Waals surface area contributed by atoms with Gasteiger partial charge in [0, 0.05) is 5.97 Å². The minimum atomic E-state index is -3.51. The van der Waals surface area contributed by atoms with Gasteiger partial charge in [-0.25, -0.2) is 13.6 Å². The first-order chi connectivity index (χ1) is 4.42. The Kier molecular flexibility index (Phi) is 3.31. The standard InChI is InChI=1S/C4H9NO4S/c5-10(8,9)3-1-2-4(6)7/h1-3H2,(H,6,7)(H2,5,8,9)/p-1. The highest BCUT2D eigenvalue weighted by Gasteiger charge is 2.00. The number of carboxylic acid groups (broad SMARTS) is 1. The van der Waals surface area contributed by atoms with E-state index in [1.54, 1.807) is 0 Å². The van der Waals surface area contributed by atoms with Crippen molar-refractivity contribution in [3.05, 3.63) is 0 Å². The van der Waals surface area contributed by atoms with Gasteiger partial charge in [-0.3, -0.25) is 0 Å². The van der Waals surface area contributed by atoms with Crippen molar-refractivity contribution in [3.63, 3.8) is 0 Å². The molecule has 5 nitrogen and oxygen atoms in total. The second-order valence-corrected chi connectivity index (χ2v) is 3.58. The summed E-state index contributed by atoms with van der Waals surface area (Å²) in [6.07, 6.45) is -0.252. The van der Waals surface area contributed by atoms with Gasteiger partial charge in [0.25, 0.3) is 0 Å². The van der Waals surface area contributed by atoms with Crippen molar-refractivity contribution in [2.75, 3.05) is 5.75 Å². The zero-order chi connectivity index (χ0) is 8.20. The van der Waals surface area contributed by atoms with Gasteiger partial charge in [-0.1, -0.05) is 0 Å². The van der Waals surface area contributed by atoms with Gasteiger partial charge in [-0.15, -0.1) is 0 Å². The van der Waals surface area contributed by atoms with Crippen molar-refractivity contribution in [3.8, 4) is 0 Å². The second-order valence-electron chi connectivity index (χ2n) is 1.84. The number of hydrogen-bond acceptors (Lipinski definition) is 4. The molecular weight excluding hydrogens is 158 g/mol. The lowest BCUT2D eigenvalue weighted by Gasteiger charge is -1.98. The molecule has 6 heteroatoms. The first-order valence-electron chi connectivity index (χ1n) is 2.62. The number of aliphatic carboxylic acids is 1. The largest absolute Gasteiger partial charge is 0.550 e. The van der Waals surface area contributed by atoms with Crippen LogP contribution in [0.15, 0.2) is 0 Å². The maximum atomic E-state index is 10.2. The molecule has 0 atom stereocenters. The SMILES string of the molecule is NS(=O)(=O)CCCC(=O)[O-]. The molecule has 0 aromatic heterocycles. The van der Waals surface area contributed by atoms with Gasteiger partial charge in [0.05, 0.1) is 5.75 Å². The Hall–Kier alpha value is -0.620. The van der Waals surface area contributed by atoms with Crippen molar-refractivity contribution in [2.24, 2.45) is 5.14 Å². The van der Waals surface area contributed by atoms with Gasteiger partial charge in [-0.05, 0) is 12.8 Å². The minimum Gasteiger partial charge on any atom is -0.550 e. The number of nitrogens with two attached hydrogens (primary N) is 1. The van der Waals surface area contributed by atoms with Gasteiger partial charge < -0.3 is 9.90 Å². The van der Waals surface area contributed by atoms with E-state index in [9.17, 15) is 18.3 Å². The van der Waals surface area contributed by atoms with E-state index >= 15 is 0 Å². The number of carbonyl (C=O) groups excluding carboxylic acids is 1. The van der Waals surface area contributed by atoms with Crippen molar-refractivity contribution in [1.29, 1.82) is 0 Å². The smallest absolute Gasteiger partial charge is 0.209 e. The Morgan fingerprint density at radius 1 is 1.50 bits per heavy atom. The van der Waals surface area contributed by atoms with Gasteiger partial charge >= 0.3 is 0 Å². The zero-order valence-corrected chi connectivity index (χ0v) is 6.06. The summed E-state index contributed by atoms with van der Waals surface area (Å²) in [5.41, 5.74) is 0. The molecule has 10 heavy (non-hydrogen) atoms. The lowest BCUT2D eigenvalue weighted by Crippen LogP contribution is -2.24. The Bertz CT molecular complexity index is 207. The fourth-order valence-electron chi connectivity index (χ4n) is 0.418. The van der Waals surface area contributed by atoms with E-state index in [0.717, 1.165) is 0 Å². The highest BCUT2D eigenvalue weighted by molar-refractivity contribution is 7.89. The van der Waals surface area contributed by atoms with Crippen LogP contribution in [0.5, 0.6) is 0 Å². The van der Waals surface area contributed by atoms with E-state index in [-0.39, 0.29) is 18.6 Å². The van der Waals surface area contributed by atoms with Crippen LogP contribution in [-0.2, 0) is 14.8 Å². The summed E-state index contributed by atoms with van der Waals surface area (Å²) in [6, 6.07) is 0. The van der Waals surface area contributed by atoms with E-state index in [1.165, 1.54) is 0 Å². The molecule has 0 aliphatic rings. The van der Waals surface area contributed by atoms with Crippen LogP contribution >= 0.6 is 0 Å². The third-order valence-electron chi connectivity index (χ3n) is 0.810. The third kappa shape index (κ3) is 7.38. The molecule has 0 aromatic carbocycles.